The van der Waals surface area contributed by atoms with E-state index < -0.39 is 0 Å². The lowest BCUT2D eigenvalue weighted by Gasteiger charge is -2.14. The van der Waals surface area contributed by atoms with Gasteiger partial charge in [0.25, 0.3) is 0 Å². The Morgan fingerprint density at radius 2 is 0.796 bits per heavy atom. The average molecular weight is 643 g/mol. The molecule has 0 atom stereocenters. The van der Waals surface area contributed by atoms with Crippen LogP contribution in [-0.2, 0) is 0 Å². The third-order valence-corrected chi connectivity index (χ3v) is 10.0. The van der Waals surface area contributed by atoms with Gasteiger partial charge in [0.2, 0.25) is 0 Å². The van der Waals surface area contributed by atoms with Crippen molar-refractivity contribution in [2.45, 2.75) is 0 Å². The van der Waals surface area contributed by atoms with Gasteiger partial charge in [-0.25, -0.2) is 9.97 Å². The van der Waals surface area contributed by atoms with E-state index in [1.165, 1.54) is 43.8 Å². The van der Waals surface area contributed by atoms with Crippen LogP contribution in [0.15, 0.2) is 181 Å². The van der Waals surface area contributed by atoms with E-state index in [1.54, 1.807) is 11.3 Å². The molecule has 2 heterocycles. The van der Waals surface area contributed by atoms with Gasteiger partial charge in [-0.3, -0.25) is 0 Å². The molecule has 2 aromatic heterocycles. The second kappa shape index (κ2) is 12.5. The van der Waals surface area contributed by atoms with Crippen LogP contribution in [0.2, 0.25) is 0 Å². The molecule has 0 spiro atoms. The molecule has 7 aromatic carbocycles. The van der Waals surface area contributed by atoms with Crippen LogP contribution in [0, 0.1) is 0 Å². The molecule has 0 bridgehead atoms. The molecule has 0 amide bonds. The minimum atomic E-state index is 0.734. The van der Waals surface area contributed by atoms with Crippen molar-refractivity contribution in [1.82, 2.24) is 9.97 Å². The van der Waals surface area contributed by atoms with Gasteiger partial charge in [0.15, 0.2) is 5.82 Å². The number of rotatable bonds is 6. The van der Waals surface area contributed by atoms with Crippen molar-refractivity contribution >= 4 is 32.9 Å². The Morgan fingerprint density at radius 3 is 1.39 bits per heavy atom. The highest BCUT2D eigenvalue weighted by Gasteiger charge is 2.15. The lowest BCUT2D eigenvalue weighted by Crippen LogP contribution is -1.96. The van der Waals surface area contributed by atoms with E-state index in [0.29, 0.717) is 0 Å². The van der Waals surface area contributed by atoms with E-state index in [1.807, 2.05) is 6.07 Å². The molecular formula is C46H30N2S. The van der Waals surface area contributed by atoms with E-state index in [-0.39, 0.29) is 0 Å². The molecule has 0 radical (unpaired) electrons. The van der Waals surface area contributed by atoms with Crippen LogP contribution in [0.1, 0.15) is 0 Å². The summed E-state index contributed by atoms with van der Waals surface area (Å²) in [5.41, 5.74) is 10.9. The molecular weight excluding hydrogens is 613 g/mol. The Hall–Kier alpha value is -6.16. The zero-order chi connectivity index (χ0) is 32.6. The van der Waals surface area contributed by atoms with E-state index >= 15 is 0 Å². The summed E-state index contributed by atoms with van der Waals surface area (Å²) in [6, 6.07) is 62.8. The summed E-state index contributed by atoms with van der Waals surface area (Å²) in [5, 5.41) is 6.99. The minimum Gasteiger partial charge on any atom is -0.227 e. The largest absolute Gasteiger partial charge is 0.227 e. The van der Waals surface area contributed by atoms with Gasteiger partial charge < -0.3 is 0 Å². The summed E-state index contributed by atoms with van der Waals surface area (Å²) in [6.45, 7) is 0. The molecule has 9 aromatic rings. The minimum absolute atomic E-state index is 0.734. The Labute approximate surface area is 289 Å². The highest BCUT2D eigenvalue weighted by Crippen LogP contribution is 2.37. The van der Waals surface area contributed by atoms with Crippen LogP contribution in [0.25, 0.3) is 88.1 Å². The molecule has 0 unspecified atom stereocenters. The standard InChI is InChI=1S/C46H30N2S/c1-2-9-31(10-3-1)34-16-20-35(21-17-34)43-30-44(48-46(47-43)45-15-8-24-49-45)42-28-40(38-22-18-32-11-4-6-13-36(32)25-38)27-41(29-42)39-23-19-33-12-5-7-14-37(33)26-39/h1-30H. The van der Waals surface area contributed by atoms with Crippen LogP contribution >= 0.6 is 11.3 Å². The van der Waals surface area contributed by atoms with Crippen molar-refractivity contribution in [3.05, 3.63) is 181 Å². The van der Waals surface area contributed by atoms with Crippen molar-refractivity contribution in [2.75, 3.05) is 0 Å². The molecule has 0 aliphatic carbocycles. The predicted octanol–water partition coefficient (Wildman–Crippen LogP) is 12.8. The SMILES string of the molecule is c1ccc(-c2ccc(-c3cc(-c4cc(-c5ccc6ccccc6c5)cc(-c5ccc6ccccc6c5)c4)nc(-c4cccs4)n3)cc2)cc1. The predicted molar refractivity (Wildman–Crippen MR) is 208 cm³/mol. The molecule has 230 valence electrons. The molecule has 0 aliphatic rings. The van der Waals surface area contributed by atoms with Gasteiger partial charge in [0.1, 0.15) is 0 Å². The first-order valence-electron chi connectivity index (χ1n) is 16.5. The number of benzene rings is 7. The maximum atomic E-state index is 5.21. The molecule has 9 rings (SSSR count). The van der Waals surface area contributed by atoms with Gasteiger partial charge in [0, 0.05) is 11.1 Å². The second-order valence-corrected chi connectivity index (χ2v) is 13.3. The molecule has 49 heavy (non-hydrogen) atoms. The van der Waals surface area contributed by atoms with Gasteiger partial charge in [-0.15, -0.1) is 11.3 Å². The second-order valence-electron chi connectivity index (χ2n) is 12.3. The number of thiophene rings is 1. The zero-order valence-electron chi connectivity index (χ0n) is 26.6. The first-order valence-corrected chi connectivity index (χ1v) is 17.3. The number of aromatic nitrogens is 2. The Morgan fingerprint density at radius 1 is 0.306 bits per heavy atom. The van der Waals surface area contributed by atoms with E-state index in [2.05, 4.69) is 175 Å². The normalized spacial score (nSPS) is 11.3. The monoisotopic (exact) mass is 642 g/mol. The maximum Gasteiger partial charge on any atom is 0.170 e. The summed E-state index contributed by atoms with van der Waals surface area (Å²) < 4.78 is 0. The summed E-state index contributed by atoms with van der Waals surface area (Å²) in [5.74, 6) is 0.734. The van der Waals surface area contributed by atoms with E-state index in [9.17, 15) is 0 Å². The van der Waals surface area contributed by atoms with Crippen LogP contribution in [0.4, 0.5) is 0 Å². The molecule has 0 saturated heterocycles. The Balaban J connectivity index is 1.22. The number of fused-ring (bicyclic) bond motifs is 2. The molecule has 2 nitrogen and oxygen atoms in total. The van der Waals surface area contributed by atoms with Crippen molar-refractivity contribution in [3.8, 4) is 66.6 Å². The lowest BCUT2D eigenvalue weighted by molar-refractivity contribution is 1.19. The van der Waals surface area contributed by atoms with Crippen LogP contribution in [0.3, 0.4) is 0 Å². The topological polar surface area (TPSA) is 25.8 Å². The quantitative estimate of drug-likeness (QED) is 0.180. The first kappa shape index (κ1) is 29.0. The van der Waals surface area contributed by atoms with Crippen LogP contribution < -0.4 is 0 Å². The molecule has 0 aliphatic heterocycles. The van der Waals surface area contributed by atoms with Gasteiger partial charge in [-0.05, 0) is 103 Å². The first-order chi connectivity index (χ1) is 24.2. The van der Waals surface area contributed by atoms with Gasteiger partial charge in [0.05, 0.1) is 16.3 Å². The summed E-state index contributed by atoms with van der Waals surface area (Å²) >= 11 is 1.66. The smallest absolute Gasteiger partial charge is 0.170 e. The summed E-state index contributed by atoms with van der Waals surface area (Å²) in [6.07, 6.45) is 0. The van der Waals surface area contributed by atoms with Crippen molar-refractivity contribution in [2.24, 2.45) is 0 Å². The van der Waals surface area contributed by atoms with Crippen LogP contribution in [0.5, 0.6) is 0 Å². The fourth-order valence-electron chi connectivity index (χ4n) is 6.57. The molecule has 0 saturated carbocycles. The van der Waals surface area contributed by atoms with Gasteiger partial charge in [-0.2, -0.15) is 0 Å². The lowest BCUT2D eigenvalue weighted by atomic mass is 9.92. The third kappa shape index (κ3) is 5.82. The summed E-state index contributed by atoms with van der Waals surface area (Å²) in [7, 11) is 0. The van der Waals surface area contributed by atoms with Gasteiger partial charge >= 0.3 is 0 Å². The molecule has 3 heteroatoms. The number of nitrogens with zero attached hydrogens (tertiary/aromatic N) is 2. The highest BCUT2D eigenvalue weighted by atomic mass is 32.1. The van der Waals surface area contributed by atoms with Crippen LogP contribution in [-0.4, -0.2) is 9.97 Å². The fourth-order valence-corrected chi connectivity index (χ4v) is 7.23. The van der Waals surface area contributed by atoms with E-state index in [4.69, 9.17) is 9.97 Å². The Kier molecular flexibility index (Phi) is 7.38. The number of hydrogen-bond acceptors (Lipinski definition) is 3. The average Bonchev–Trinajstić information content (AvgIpc) is 3.73. The van der Waals surface area contributed by atoms with Crippen molar-refractivity contribution in [1.29, 1.82) is 0 Å². The summed E-state index contributed by atoms with van der Waals surface area (Å²) in [4.78, 5) is 11.4. The Bertz CT molecular complexity index is 2490. The zero-order valence-corrected chi connectivity index (χ0v) is 27.4. The van der Waals surface area contributed by atoms with Crippen molar-refractivity contribution < 1.29 is 0 Å². The number of hydrogen-bond donors (Lipinski definition) is 0. The van der Waals surface area contributed by atoms with E-state index in [0.717, 1.165) is 44.3 Å². The van der Waals surface area contributed by atoms with Crippen molar-refractivity contribution in [3.63, 3.8) is 0 Å². The molecule has 0 N–H and O–H groups in total. The highest BCUT2D eigenvalue weighted by molar-refractivity contribution is 7.13. The van der Waals surface area contributed by atoms with Gasteiger partial charge in [-0.1, -0.05) is 133 Å². The molecule has 0 fully saturated rings. The fraction of sp³-hybridized carbons (Fsp3) is 0. The maximum absolute atomic E-state index is 5.21. The third-order valence-electron chi connectivity index (χ3n) is 9.15.